The molecule has 20 heavy (non-hydrogen) atoms. The highest BCUT2D eigenvalue weighted by Crippen LogP contribution is 2.29. The summed E-state index contributed by atoms with van der Waals surface area (Å²) in [5, 5.41) is 3.95. The van der Waals surface area contributed by atoms with Gasteiger partial charge in [-0.25, -0.2) is 0 Å². The SMILES string of the molecule is CC(C)Oc1ccc(NC2COC(C)(C)OC2)cc1Cl. The van der Waals surface area contributed by atoms with Gasteiger partial charge in [0.1, 0.15) is 5.75 Å². The van der Waals surface area contributed by atoms with E-state index in [2.05, 4.69) is 5.32 Å². The molecule has 5 heteroatoms. The molecule has 0 amide bonds. The highest BCUT2D eigenvalue weighted by Gasteiger charge is 2.28. The monoisotopic (exact) mass is 299 g/mol. The molecule has 0 radical (unpaired) electrons. The molecule has 112 valence electrons. The Hall–Kier alpha value is -0.970. The number of hydrogen-bond donors (Lipinski definition) is 1. The number of ether oxygens (including phenoxy) is 3. The van der Waals surface area contributed by atoms with Crippen LogP contribution in [-0.2, 0) is 9.47 Å². The zero-order valence-electron chi connectivity index (χ0n) is 12.4. The number of anilines is 1. The van der Waals surface area contributed by atoms with E-state index in [1.165, 1.54) is 0 Å². The maximum absolute atomic E-state index is 6.21. The van der Waals surface area contributed by atoms with Gasteiger partial charge in [-0.3, -0.25) is 0 Å². The number of nitrogens with one attached hydrogen (secondary N) is 1. The van der Waals surface area contributed by atoms with E-state index in [0.717, 1.165) is 5.69 Å². The molecule has 0 spiro atoms. The molecule has 1 N–H and O–H groups in total. The fourth-order valence-corrected chi connectivity index (χ4v) is 2.18. The third kappa shape index (κ3) is 4.27. The van der Waals surface area contributed by atoms with Crippen molar-refractivity contribution in [3.05, 3.63) is 23.2 Å². The molecule has 1 heterocycles. The molecule has 1 saturated heterocycles. The van der Waals surface area contributed by atoms with Crippen LogP contribution in [0.15, 0.2) is 18.2 Å². The van der Waals surface area contributed by atoms with Crippen LogP contribution >= 0.6 is 11.6 Å². The Morgan fingerprint density at radius 2 is 1.95 bits per heavy atom. The molecule has 0 atom stereocenters. The van der Waals surface area contributed by atoms with Crippen LogP contribution in [0, 0.1) is 0 Å². The van der Waals surface area contributed by atoms with Gasteiger partial charge < -0.3 is 19.5 Å². The minimum absolute atomic E-state index is 0.105. The lowest BCUT2D eigenvalue weighted by Crippen LogP contribution is -2.45. The van der Waals surface area contributed by atoms with E-state index < -0.39 is 5.79 Å². The van der Waals surface area contributed by atoms with Crippen LogP contribution in [0.3, 0.4) is 0 Å². The van der Waals surface area contributed by atoms with E-state index in [1.807, 2.05) is 45.9 Å². The molecule has 0 aromatic heterocycles. The summed E-state index contributed by atoms with van der Waals surface area (Å²) in [6, 6.07) is 5.80. The molecule has 1 aromatic carbocycles. The lowest BCUT2D eigenvalue weighted by Gasteiger charge is -2.35. The van der Waals surface area contributed by atoms with Gasteiger partial charge in [-0.1, -0.05) is 11.6 Å². The number of hydrogen-bond acceptors (Lipinski definition) is 4. The summed E-state index contributed by atoms with van der Waals surface area (Å²) in [6.07, 6.45) is 0.105. The molecule has 2 rings (SSSR count). The minimum atomic E-state index is -0.495. The van der Waals surface area contributed by atoms with Crippen LogP contribution in [0.1, 0.15) is 27.7 Å². The van der Waals surface area contributed by atoms with Crippen LogP contribution in [0.2, 0.25) is 5.02 Å². The van der Waals surface area contributed by atoms with Gasteiger partial charge in [0.2, 0.25) is 0 Å². The van der Waals surface area contributed by atoms with Crippen LogP contribution < -0.4 is 10.1 Å². The summed E-state index contributed by atoms with van der Waals surface area (Å²) >= 11 is 6.21. The molecule has 1 aliphatic heterocycles. The third-order valence-corrected chi connectivity index (χ3v) is 3.22. The topological polar surface area (TPSA) is 39.7 Å². The first-order chi connectivity index (χ1) is 9.35. The number of halogens is 1. The fraction of sp³-hybridized carbons (Fsp3) is 0.600. The van der Waals surface area contributed by atoms with Crippen molar-refractivity contribution < 1.29 is 14.2 Å². The zero-order chi connectivity index (χ0) is 14.8. The largest absolute Gasteiger partial charge is 0.489 e. The van der Waals surface area contributed by atoms with Crippen LogP contribution in [0.4, 0.5) is 5.69 Å². The normalized spacial score (nSPS) is 19.1. The zero-order valence-corrected chi connectivity index (χ0v) is 13.2. The van der Waals surface area contributed by atoms with Gasteiger partial charge in [0.15, 0.2) is 5.79 Å². The average Bonchev–Trinajstić information content (AvgIpc) is 2.35. The van der Waals surface area contributed by atoms with Crippen molar-refractivity contribution in [3.63, 3.8) is 0 Å². The summed E-state index contributed by atoms with van der Waals surface area (Å²) < 4.78 is 16.8. The Bertz CT molecular complexity index is 452. The standard InChI is InChI=1S/C15H22ClNO3/c1-10(2)20-14-6-5-11(7-13(14)16)17-12-8-18-15(3,4)19-9-12/h5-7,10,12,17H,8-9H2,1-4H3. The third-order valence-electron chi connectivity index (χ3n) is 2.93. The summed E-state index contributed by atoms with van der Waals surface area (Å²) in [5.41, 5.74) is 0.933. The van der Waals surface area contributed by atoms with Gasteiger partial charge >= 0.3 is 0 Å². The quantitative estimate of drug-likeness (QED) is 0.920. The van der Waals surface area contributed by atoms with Gasteiger partial charge in [0.05, 0.1) is 30.4 Å². The van der Waals surface area contributed by atoms with Crippen molar-refractivity contribution in [2.45, 2.75) is 45.6 Å². The first-order valence-electron chi connectivity index (χ1n) is 6.86. The van der Waals surface area contributed by atoms with Crippen molar-refractivity contribution in [1.82, 2.24) is 0 Å². The Kier molecular flexibility index (Phi) is 4.78. The average molecular weight is 300 g/mol. The van der Waals surface area contributed by atoms with Crippen LogP contribution in [0.25, 0.3) is 0 Å². The molecule has 0 saturated carbocycles. The lowest BCUT2D eigenvalue weighted by molar-refractivity contribution is -0.247. The maximum Gasteiger partial charge on any atom is 0.162 e. The molecule has 1 fully saturated rings. The van der Waals surface area contributed by atoms with E-state index in [9.17, 15) is 0 Å². The second kappa shape index (κ2) is 6.20. The van der Waals surface area contributed by atoms with E-state index in [0.29, 0.717) is 24.0 Å². The first-order valence-corrected chi connectivity index (χ1v) is 7.24. The second-order valence-electron chi connectivity index (χ2n) is 5.67. The Morgan fingerprint density at radius 1 is 1.30 bits per heavy atom. The van der Waals surface area contributed by atoms with E-state index in [-0.39, 0.29) is 12.1 Å². The van der Waals surface area contributed by atoms with Crippen LogP contribution in [0.5, 0.6) is 5.75 Å². The molecule has 0 unspecified atom stereocenters. The van der Waals surface area contributed by atoms with Gasteiger partial charge in [-0.2, -0.15) is 0 Å². The minimum Gasteiger partial charge on any atom is -0.489 e. The van der Waals surface area contributed by atoms with Crippen LogP contribution in [-0.4, -0.2) is 31.1 Å². The Morgan fingerprint density at radius 3 is 2.50 bits per heavy atom. The smallest absolute Gasteiger partial charge is 0.162 e. The first kappa shape index (κ1) is 15.4. The van der Waals surface area contributed by atoms with Crippen molar-refractivity contribution in [3.8, 4) is 5.75 Å². The molecular formula is C15H22ClNO3. The predicted octanol–water partition coefficient (Wildman–Crippen LogP) is 3.69. The molecule has 4 nitrogen and oxygen atoms in total. The van der Waals surface area contributed by atoms with E-state index in [4.69, 9.17) is 25.8 Å². The molecule has 0 bridgehead atoms. The molecule has 0 aliphatic carbocycles. The highest BCUT2D eigenvalue weighted by molar-refractivity contribution is 6.32. The molecule has 1 aliphatic rings. The lowest BCUT2D eigenvalue weighted by atomic mass is 10.2. The highest BCUT2D eigenvalue weighted by atomic mass is 35.5. The Balaban J connectivity index is 1.95. The maximum atomic E-state index is 6.21. The van der Waals surface area contributed by atoms with Crippen molar-refractivity contribution in [1.29, 1.82) is 0 Å². The summed E-state index contributed by atoms with van der Waals surface area (Å²) in [4.78, 5) is 0. The number of benzene rings is 1. The number of rotatable bonds is 4. The summed E-state index contributed by atoms with van der Waals surface area (Å²) in [7, 11) is 0. The van der Waals surface area contributed by atoms with E-state index in [1.54, 1.807) is 0 Å². The van der Waals surface area contributed by atoms with E-state index >= 15 is 0 Å². The van der Waals surface area contributed by atoms with Gasteiger partial charge in [0, 0.05) is 5.69 Å². The van der Waals surface area contributed by atoms with Crippen molar-refractivity contribution in [2.24, 2.45) is 0 Å². The van der Waals surface area contributed by atoms with Crippen molar-refractivity contribution >= 4 is 17.3 Å². The van der Waals surface area contributed by atoms with Crippen molar-refractivity contribution in [2.75, 3.05) is 18.5 Å². The summed E-state index contributed by atoms with van der Waals surface area (Å²) in [6.45, 7) is 8.99. The fourth-order valence-electron chi connectivity index (χ4n) is 1.95. The Labute approximate surface area is 125 Å². The van der Waals surface area contributed by atoms with Gasteiger partial charge in [0.25, 0.3) is 0 Å². The molecule has 1 aromatic rings. The van der Waals surface area contributed by atoms with Gasteiger partial charge in [-0.15, -0.1) is 0 Å². The second-order valence-corrected chi connectivity index (χ2v) is 6.08. The summed E-state index contributed by atoms with van der Waals surface area (Å²) in [5.74, 6) is 0.203. The predicted molar refractivity (Wildman–Crippen MR) is 80.6 cm³/mol. The van der Waals surface area contributed by atoms with Gasteiger partial charge in [-0.05, 0) is 45.9 Å². The molecular weight excluding hydrogens is 278 g/mol.